The van der Waals surface area contributed by atoms with Gasteiger partial charge in [-0.05, 0) is 25.0 Å². The molecule has 0 saturated carbocycles. The molecule has 186 valence electrons. The van der Waals surface area contributed by atoms with Gasteiger partial charge in [0.25, 0.3) is 11.8 Å². The van der Waals surface area contributed by atoms with Gasteiger partial charge in [-0.1, -0.05) is 25.1 Å². The van der Waals surface area contributed by atoms with Crippen LogP contribution in [0, 0.1) is 0 Å². The van der Waals surface area contributed by atoms with Gasteiger partial charge >= 0.3 is 0 Å². The summed E-state index contributed by atoms with van der Waals surface area (Å²) in [5, 5.41) is 13.5. The van der Waals surface area contributed by atoms with Crippen LogP contribution >= 0.6 is 11.3 Å². The SMILES string of the molecule is CCc1cc(C(=O)N[C@@H]2C[C@@H](C(=O)NCc3nccs3)N(C(=O)c3coc4ccccc34)C2)n(C)n1. The number of thiazole rings is 1. The van der Waals surface area contributed by atoms with Crippen LogP contribution in [0.2, 0.25) is 0 Å². The van der Waals surface area contributed by atoms with E-state index in [9.17, 15) is 14.4 Å². The number of likely N-dealkylation sites (tertiary alicyclic amines) is 1. The van der Waals surface area contributed by atoms with Crippen LogP contribution in [0.5, 0.6) is 0 Å². The van der Waals surface area contributed by atoms with Crippen molar-refractivity contribution in [2.24, 2.45) is 7.05 Å². The number of nitrogens with one attached hydrogen (secondary N) is 2. The van der Waals surface area contributed by atoms with E-state index in [2.05, 4.69) is 20.7 Å². The molecule has 1 aliphatic heterocycles. The number of fused-ring (bicyclic) bond motifs is 1. The van der Waals surface area contributed by atoms with E-state index >= 15 is 0 Å². The second kappa shape index (κ2) is 9.94. The predicted molar refractivity (Wildman–Crippen MR) is 133 cm³/mol. The zero-order chi connectivity index (χ0) is 25.2. The van der Waals surface area contributed by atoms with Gasteiger partial charge in [-0.3, -0.25) is 19.1 Å². The van der Waals surface area contributed by atoms with Crippen LogP contribution in [0.15, 0.2) is 52.6 Å². The molecule has 11 heteroatoms. The molecule has 2 N–H and O–H groups in total. The number of aromatic nitrogens is 3. The van der Waals surface area contributed by atoms with Crippen molar-refractivity contribution in [3.8, 4) is 0 Å². The summed E-state index contributed by atoms with van der Waals surface area (Å²) in [6, 6.07) is 7.85. The van der Waals surface area contributed by atoms with Crippen molar-refractivity contribution in [1.82, 2.24) is 30.3 Å². The molecule has 3 aromatic heterocycles. The third-order valence-corrected chi connectivity index (χ3v) is 7.11. The van der Waals surface area contributed by atoms with Gasteiger partial charge in [0.05, 0.1) is 17.8 Å². The minimum Gasteiger partial charge on any atom is -0.463 e. The number of carbonyl (C=O) groups is 3. The Labute approximate surface area is 211 Å². The van der Waals surface area contributed by atoms with E-state index < -0.39 is 12.1 Å². The monoisotopic (exact) mass is 506 g/mol. The molecule has 5 rings (SSSR count). The third-order valence-electron chi connectivity index (χ3n) is 6.33. The van der Waals surface area contributed by atoms with Crippen molar-refractivity contribution in [2.45, 2.75) is 38.4 Å². The maximum absolute atomic E-state index is 13.6. The molecule has 0 spiro atoms. The molecular weight excluding hydrogens is 480 g/mol. The fraction of sp³-hybridized carbons (Fsp3) is 0.320. The molecule has 3 amide bonds. The number of benzene rings is 1. The highest BCUT2D eigenvalue weighted by atomic mass is 32.1. The fourth-order valence-electron chi connectivity index (χ4n) is 4.50. The molecule has 0 bridgehead atoms. The average Bonchev–Trinajstić information content (AvgIpc) is 3.68. The Morgan fingerprint density at radius 1 is 1.25 bits per heavy atom. The lowest BCUT2D eigenvalue weighted by atomic mass is 10.1. The molecular formula is C25H26N6O4S. The summed E-state index contributed by atoms with van der Waals surface area (Å²) in [6.45, 7) is 2.44. The summed E-state index contributed by atoms with van der Waals surface area (Å²) >= 11 is 1.44. The lowest BCUT2D eigenvalue weighted by molar-refractivity contribution is -0.125. The Kier molecular flexibility index (Phi) is 6.55. The zero-order valence-corrected chi connectivity index (χ0v) is 20.7. The van der Waals surface area contributed by atoms with Gasteiger partial charge in [0.15, 0.2) is 0 Å². The first-order valence-corrected chi connectivity index (χ1v) is 12.6. The van der Waals surface area contributed by atoms with Crippen LogP contribution in [0.3, 0.4) is 0 Å². The topological polar surface area (TPSA) is 122 Å². The molecule has 0 unspecified atom stereocenters. The Hall–Kier alpha value is -3.99. The minimum atomic E-state index is -0.755. The van der Waals surface area contributed by atoms with Crippen molar-refractivity contribution >= 4 is 40.0 Å². The third kappa shape index (κ3) is 4.61. The molecule has 4 heterocycles. The van der Waals surface area contributed by atoms with Crippen LogP contribution < -0.4 is 10.6 Å². The standard InChI is InChI=1S/C25H26N6O4S/c1-3-15-10-19(30(2)29-15)24(33)28-16-11-20(23(32)27-12-22-26-8-9-36-22)31(13-16)25(34)18-14-35-21-7-5-4-6-17(18)21/h4-10,14,16,20H,3,11-13H2,1-2H3,(H,27,32)(H,28,33)/t16-,20+/m1/s1. The first-order chi connectivity index (χ1) is 17.4. The van der Waals surface area contributed by atoms with Crippen molar-refractivity contribution < 1.29 is 18.8 Å². The van der Waals surface area contributed by atoms with Crippen LogP contribution in [-0.2, 0) is 24.8 Å². The van der Waals surface area contributed by atoms with Gasteiger partial charge in [0, 0.05) is 36.6 Å². The van der Waals surface area contributed by atoms with E-state index in [1.807, 2.05) is 30.5 Å². The zero-order valence-electron chi connectivity index (χ0n) is 19.9. The number of aryl methyl sites for hydroxylation is 2. The summed E-state index contributed by atoms with van der Waals surface area (Å²) in [6.07, 6.45) is 4.10. The van der Waals surface area contributed by atoms with Gasteiger partial charge in [-0.25, -0.2) is 4.98 Å². The average molecular weight is 507 g/mol. The predicted octanol–water partition coefficient (Wildman–Crippen LogP) is 2.51. The van der Waals surface area contributed by atoms with Gasteiger partial charge in [-0.15, -0.1) is 11.3 Å². The molecule has 1 aliphatic rings. The van der Waals surface area contributed by atoms with Crippen LogP contribution in [0.1, 0.15) is 44.9 Å². The van der Waals surface area contributed by atoms with Gasteiger partial charge in [-0.2, -0.15) is 5.10 Å². The molecule has 0 aliphatic carbocycles. The highest BCUT2D eigenvalue weighted by molar-refractivity contribution is 7.09. The summed E-state index contributed by atoms with van der Waals surface area (Å²) in [5.74, 6) is -0.906. The first kappa shape index (κ1) is 23.7. The number of carbonyl (C=O) groups excluding carboxylic acids is 3. The van der Waals surface area contributed by atoms with Gasteiger partial charge in [0.1, 0.15) is 28.6 Å². The first-order valence-electron chi connectivity index (χ1n) is 11.7. The lowest BCUT2D eigenvalue weighted by Gasteiger charge is -2.23. The molecule has 36 heavy (non-hydrogen) atoms. The number of hydrogen-bond donors (Lipinski definition) is 2. The fourth-order valence-corrected chi connectivity index (χ4v) is 5.06. The smallest absolute Gasteiger partial charge is 0.269 e. The van der Waals surface area contributed by atoms with Gasteiger partial charge < -0.3 is 20.0 Å². The number of nitrogens with zero attached hydrogens (tertiary/aromatic N) is 4. The van der Waals surface area contributed by atoms with Crippen LogP contribution in [0.4, 0.5) is 0 Å². The van der Waals surface area contributed by atoms with Crippen molar-refractivity contribution in [3.63, 3.8) is 0 Å². The molecule has 2 atom stereocenters. The summed E-state index contributed by atoms with van der Waals surface area (Å²) in [7, 11) is 1.72. The van der Waals surface area contributed by atoms with Crippen molar-refractivity contribution in [2.75, 3.05) is 6.54 Å². The van der Waals surface area contributed by atoms with E-state index in [0.29, 0.717) is 28.6 Å². The highest BCUT2D eigenvalue weighted by Crippen LogP contribution is 2.27. The Morgan fingerprint density at radius 3 is 2.83 bits per heavy atom. The number of furan rings is 1. The summed E-state index contributed by atoms with van der Waals surface area (Å²) in [5.41, 5.74) is 2.23. The molecule has 1 fully saturated rings. The van der Waals surface area contributed by atoms with Crippen molar-refractivity contribution in [1.29, 1.82) is 0 Å². The van der Waals surface area contributed by atoms with Crippen LogP contribution in [0.25, 0.3) is 11.0 Å². The van der Waals surface area contributed by atoms with Crippen molar-refractivity contribution in [3.05, 3.63) is 70.1 Å². The number of rotatable bonds is 7. The van der Waals surface area contributed by atoms with E-state index in [1.54, 1.807) is 30.1 Å². The van der Waals surface area contributed by atoms with Crippen LogP contribution in [-0.4, -0.2) is 56.0 Å². The molecule has 4 aromatic rings. The van der Waals surface area contributed by atoms with Gasteiger partial charge in [0.2, 0.25) is 5.91 Å². The number of hydrogen-bond acceptors (Lipinski definition) is 7. The van der Waals surface area contributed by atoms with E-state index in [-0.39, 0.29) is 37.2 Å². The minimum absolute atomic E-state index is 0.192. The molecule has 0 radical (unpaired) electrons. The van der Waals surface area contributed by atoms with E-state index in [0.717, 1.165) is 10.7 Å². The number of para-hydroxylation sites is 1. The second-order valence-corrected chi connectivity index (χ2v) is 9.65. The highest BCUT2D eigenvalue weighted by Gasteiger charge is 2.41. The normalized spacial score (nSPS) is 17.4. The lowest BCUT2D eigenvalue weighted by Crippen LogP contribution is -2.45. The maximum Gasteiger partial charge on any atom is 0.269 e. The second-order valence-electron chi connectivity index (χ2n) is 8.67. The summed E-state index contributed by atoms with van der Waals surface area (Å²) in [4.78, 5) is 45.5. The molecule has 1 saturated heterocycles. The summed E-state index contributed by atoms with van der Waals surface area (Å²) < 4.78 is 7.11. The Bertz CT molecular complexity index is 1410. The molecule has 1 aromatic carbocycles. The largest absolute Gasteiger partial charge is 0.463 e. The Morgan fingerprint density at radius 2 is 2.08 bits per heavy atom. The van der Waals surface area contributed by atoms with E-state index in [1.165, 1.54) is 22.5 Å². The van der Waals surface area contributed by atoms with E-state index in [4.69, 9.17) is 4.42 Å². The quantitative estimate of drug-likeness (QED) is 0.397. The number of amides is 3. The molecule has 10 nitrogen and oxygen atoms in total. The maximum atomic E-state index is 13.6. The Balaban J connectivity index is 1.37.